The van der Waals surface area contributed by atoms with Gasteiger partial charge in [0.05, 0.1) is 44.4 Å². The second-order valence-corrected chi connectivity index (χ2v) is 6.74. The zero-order chi connectivity index (χ0) is 17.8. The van der Waals surface area contributed by atoms with Crippen LogP contribution in [0, 0.1) is 0 Å². The summed E-state index contributed by atoms with van der Waals surface area (Å²) >= 11 is 0. The van der Waals surface area contributed by atoms with Gasteiger partial charge in [-0.2, -0.15) is 0 Å². The van der Waals surface area contributed by atoms with Crippen molar-refractivity contribution in [2.45, 2.75) is 25.6 Å². The normalized spacial score (nSPS) is 17.0. The maximum absolute atomic E-state index is 12.7. The number of likely N-dealkylation sites (N-methyl/N-ethyl adjacent to an activating group) is 1. The zero-order valence-corrected chi connectivity index (χ0v) is 15.1. The summed E-state index contributed by atoms with van der Waals surface area (Å²) in [6.45, 7) is 1.97. The van der Waals surface area contributed by atoms with Gasteiger partial charge in [0.1, 0.15) is 0 Å². The van der Waals surface area contributed by atoms with Crippen molar-refractivity contribution in [3.8, 4) is 0 Å². The topological polar surface area (TPSA) is 63.5 Å². The highest BCUT2D eigenvalue weighted by molar-refractivity contribution is 5.78. The van der Waals surface area contributed by atoms with Gasteiger partial charge in [-0.25, -0.2) is 4.98 Å². The van der Waals surface area contributed by atoms with Crippen LogP contribution in [0.3, 0.4) is 0 Å². The first kappa shape index (κ1) is 17.6. The Kier molecular flexibility index (Phi) is 5.45. The number of carbonyl (C=O) groups excluding carboxylic acids is 1. The maximum Gasteiger partial charge on any atom is 0.237 e. The minimum absolute atomic E-state index is 0.0252. The molecule has 0 spiro atoms. The average Bonchev–Trinajstić information content (AvgIpc) is 2.95. The lowest BCUT2D eigenvalue weighted by Crippen LogP contribution is -2.49. The third-order valence-corrected chi connectivity index (χ3v) is 4.44. The molecular weight excluding hydrogens is 318 g/mol. The van der Waals surface area contributed by atoms with Crippen LogP contribution in [0.1, 0.15) is 17.0 Å². The van der Waals surface area contributed by atoms with Gasteiger partial charge in [0.25, 0.3) is 0 Å². The number of aromatic nitrogens is 3. The van der Waals surface area contributed by atoms with Crippen molar-refractivity contribution in [3.05, 3.63) is 47.8 Å². The number of carbonyl (C=O) groups is 1. The van der Waals surface area contributed by atoms with Gasteiger partial charge in [-0.05, 0) is 31.8 Å². The van der Waals surface area contributed by atoms with Crippen molar-refractivity contribution in [1.29, 1.82) is 0 Å². The van der Waals surface area contributed by atoms with Gasteiger partial charge >= 0.3 is 0 Å². The van der Waals surface area contributed by atoms with E-state index >= 15 is 0 Å². The molecule has 0 unspecified atom stereocenters. The molecule has 0 aromatic carbocycles. The van der Waals surface area contributed by atoms with Gasteiger partial charge in [0.15, 0.2) is 0 Å². The Bertz CT molecular complexity index is 714. The molecule has 0 saturated heterocycles. The monoisotopic (exact) mass is 343 g/mol. The zero-order valence-electron chi connectivity index (χ0n) is 15.1. The van der Waals surface area contributed by atoms with E-state index < -0.39 is 0 Å². The largest absolute Gasteiger partial charge is 0.375 e. The van der Waals surface area contributed by atoms with Crippen molar-refractivity contribution in [1.82, 2.24) is 24.3 Å². The van der Waals surface area contributed by atoms with E-state index in [4.69, 9.17) is 4.74 Å². The Morgan fingerprint density at radius 2 is 2.12 bits per heavy atom. The lowest BCUT2D eigenvalue weighted by atomic mass is 10.0. The van der Waals surface area contributed by atoms with E-state index in [0.29, 0.717) is 26.3 Å². The van der Waals surface area contributed by atoms with E-state index in [1.165, 1.54) is 5.69 Å². The van der Waals surface area contributed by atoms with Crippen molar-refractivity contribution in [3.63, 3.8) is 0 Å². The summed E-state index contributed by atoms with van der Waals surface area (Å²) in [5, 5.41) is 0. The average molecular weight is 343 g/mol. The van der Waals surface area contributed by atoms with Gasteiger partial charge in [-0.1, -0.05) is 0 Å². The van der Waals surface area contributed by atoms with Crippen LogP contribution in [0.2, 0.25) is 0 Å². The lowest BCUT2D eigenvalue weighted by molar-refractivity contribution is -0.137. The maximum atomic E-state index is 12.7. The van der Waals surface area contributed by atoms with Crippen molar-refractivity contribution in [2.24, 2.45) is 7.05 Å². The Balaban J connectivity index is 1.68. The Labute approximate surface area is 148 Å². The first-order chi connectivity index (χ1) is 12.0. The highest BCUT2D eigenvalue weighted by Gasteiger charge is 2.32. The van der Waals surface area contributed by atoms with Crippen LogP contribution in [-0.2, 0) is 36.2 Å². The molecule has 2 aromatic heterocycles. The van der Waals surface area contributed by atoms with E-state index in [0.717, 1.165) is 17.7 Å². The first-order valence-corrected chi connectivity index (χ1v) is 8.44. The summed E-state index contributed by atoms with van der Waals surface area (Å²) in [6, 6.07) is 3.90. The number of imidazole rings is 1. The summed E-state index contributed by atoms with van der Waals surface area (Å²) in [7, 11) is 5.81. The predicted octanol–water partition coefficient (Wildman–Crippen LogP) is 0.847. The van der Waals surface area contributed by atoms with Gasteiger partial charge in [-0.15, -0.1) is 0 Å². The number of fused-ring (bicyclic) bond motifs is 1. The number of aryl methyl sites for hydroxylation is 1. The lowest BCUT2D eigenvalue weighted by Gasteiger charge is -2.36. The predicted molar refractivity (Wildman–Crippen MR) is 93.7 cm³/mol. The molecule has 3 rings (SSSR count). The molecule has 0 bridgehead atoms. The Morgan fingerprint density at radius 1 is 1.36 bits per heavy atom. The molecule has 1 amide bonds. The second kappa shape index (κ2) is 7.76. The van der Waals surface area contributed by atoms with Crippen LogP contribution in [0.4, 0.5) is 0 Å². The number of ether oxygens (including phenoxy) is 1. The van der Waals surface area contributed by atoms with Gasteiger partial charge < -0.3 is 19.1 Å². The van der Waals surface area contributed by atoms with Gasteiger partial charge in [-0.3, -0.25) is 9.78 Å². The number of amides is 1. The number of rotatable bonds is 6. The fourth-order valence-corrected chi connectivity index (χ4v) is 3.12. The molecule has 7 nitrogen and oxygen atoms in total. The van der Waals surface area contributed by atoms with E-state index in [2.05, 4.69) is 9.97 Å². The van der Waals surface area contributed by atoms with Crippen molar-refractivity contribution < 1.29 is 9.53 Å². The van der Waals surface area contributed by atoms with E-state index in [1.807, 2.05) is 54.0 Å². The molecule has 134 valence electrons. The van der Waals surface area contributed by atoms with Crippen LogP contribution in [0.15, 0.2) is 30.9 Å². The van der Waals surface area contributed by atoms with Crippen LogP contribution >= 0.6 is 0 Å². The van der Waals surface area contributed by atoms with Crippen molar-refractivity contribution >= 4 is 5.91 Å². The van der Waals surface area contributed by atoms with E-state index in [1.54, 1.807) is 12.4 Å². The summed E-state index contributed by atoms with van der Waals surface area (Å²) in [5.74, 6) is 0.110. The molecule has 7 heteroatoms. The van der Waals surface area contributed by atoms with Crippen molar-refractivity contribution in [2.75, 3.05) is 27.2 Å². The highest BCUT2D eigenvalue weighted by Crippen LogP contribution is 2.23. The van der Waals surface area contributed by atoms with Crippen LogP contribution in [0.5, 0.6) is 0 Å². The number of hydrogen-bond acceptors (Lipinski definition) is 5. The summed E-state index contributed by atoms with van der Waals surface area (Å²) < 4.78 is 7.95. The third-order valence-electron chi connectivity index (χ3n) is 4.44. The standard InChI is InChI=1S/C18H25N5O2/c1-21(2)10-18(24)23-9-16-17(22(3)13-20-16)8-15(23)12-25-11-14-4-6-19-7-5-14/h4-7,13,15H,8-12H2,1-3H3/t15-/m1/s1. The number of nitrogens with zero attached hydrogens (tertiary/aromatic N) is 5. The van der Waals surface area contributed by atoms with E-state index in [9.17, 15) is 4.79 Å². The van der Waals surface area contributed by atoms with Crippen LogP contribution in [0.25, 0.3) is 0 Å². The highest BCUT2D eigenvalue weighted by atomic mass is 16.5. The minimum atomic E-state index is 0.0252. The van der Waals surface area contributed by atoms with Crippen LogP contribution < -0.4 is 0 Å². The number of hydrogen-bond donors (Lipinski definition) is 0. The Hall–Kier alpha value is -2.25. The second-order valence-electron chi connectivity index (χ2n) is 6.74. The van der Waals surface area contributed by atoms with Gasteiger partial charge in [0.2, 0.25) is 5.91 Å². The Morgan fingerprint density at radius 3 is 2.84 bits per heavy atom. The first-order valence-electron chi connectivity index (χ1n) is 8.44. The molecule has 25 heavy (non-hydrogen) atoms. The summed E-state index contributed by atoms with van der Waals surface area (Å²) in [6.07, 6.45) is 6.10. The molecule has 0 aliphatic carbocycles. The fraction of sp³-hybridized carbons (Fsp3) is 0.500. The minimum Gasteiger partial charge on any atom is -0.375 e. The van der Waals surface area contributed by atoms with Crippen LogP contribution in [-0.4, -0.2) is 63.5 Å². The third kappa shape index (κ3) is 4.24. The molecule has 1 aliphatic heterocycles. The molecular formula is C18H25N5O2. The summed E-state index contributed by atoms with van der Waals surface area (Å²) in [4.78, 5) is 24.9. The molecule has 1 aliphatic rings. The molecule has 2 aromatic rings. The molecule has 0 saturated carbocycles. The molecule has 0 N–H and O–H groups in total. The smallest absolute Gasteiger partial charge is 0.237 e. The fourth-order valence-electron chi connectivity index (χ4n) is 3.12. The SMILES string of the molecule is CN(C)CC(=O)N1Cc2ncn(C)c2C[C@@H]1COCc1ccncc1. The van der Waals surface area contributed by atoms with Gasteiger partial charge in [0, 0.05) is 31.6 Å². The quantitative estimate of drug-likeness (QED) is 0.778. The molecule has 0 radical (unpaired) electrons. The number of pyridine rings is 1. The molecule has 0 fully saturated rings. The van der Waals surface area contributed by atoms with E-state index in [-0.39, 0.29) is 11.9 Å². The molecule has 1 atom stereocenters. The summed E-state index contributed by atoms with van der Waals surface area (Å²) in [5.41, 5.74) is 3.25. The molecule has 3 heterocycles.